The normalized spacial score (nSPS) is 11.3. The Balaban J connectivity index is 2.38. The lowest BCUT2D eigenvalue weighted by atomic mass is 10.2. The van der Waals surface area contributed by atoms with Crippen molar-refractivity contribution in [1.82, 2.24) is 0 Å². The first-order valence-electron chi connectivity index (χ1n) is 5.95. The quantitative estimate of drug-likeness (QED) is 0.829. The van der Waals surface area contributed by atoms with Gasteiger partial charge in [0.1, 0.15) is 0 Å². The van der Waals surface area contributed by atoms with Crippen molar-refractivity contribution in [3.63, 3.8) is 0 Å². The first kappa shape index (κ1) is 14.9. The van der Waals surface area contributed by atoms with Crippen LogP contribution in [-0.2, 0) is 10.0 Å². The number of nitrogens with two attached hydrogens (primary N) is 1. The minimum atomic E-state index is -3.61. The number of aryl methyl sites for hydroxylation is 2. The molecule has 0 aromatic heterocycles. The maximum Gasteiger partial charge on any atom is 0.261 e. The largest absolute Gasteiger partial charge is 0.399 e. The van der Waals surface area contributed by atoms with E-state index < -0.39 is 10.0 Å². The number of nitrogen functional groups attached to an aromatic ring is 1. The molecule has 0 spiro atoms. The van der Waals surface area contributed by atoms with Gasteiger partial charge in [-0.25, -0.2) is 8.42 Å². The van der Waals surface area contributed by atoms with E-state index in [1.165, 1.54) is 6.07 Å². The van der Waals surface area contributed by atoms with Crippen LogP contribution in [0.1, 0.15) is 11.1 Å². The zero-order valence-corrected chi connectivity index (χ0v) is 13.5. The third-order valence-corrected chi connectivity index (χ3v) is 4.84. The number of hydrogen-bond acceptors (Lipinski definition) is 3. The predicted octanol–water partition coefficient (Wildman–Crippen LogP) is 3.45. The van der Waals surface area contributed by atoms with Crippen LogP contribution in [0, 0.1) is 13.8 Å². The van der Waals surface area contributed by atoms with Gasteiger partial charge in [-0.2, -0.15) is 0 Å². The maximum atomic E-state index is 12.3. The topological polar surface area (TPSA) is 72.2 Å². The fourth-order valence-corrected chi connectivity index (χ4v) is 3.45. The first-order valence-corrected chi connectivity index (χ1v) is 8.22. The molecule has 0 amide bonds. The molecule has 0 aliphatic carbocycles. The average molecular weight is 355 g/mol. The molecule has 20 heavy (non-hydrogen) atoms. The lowest BCUT2D eigenvalue weighted by Crippen LogP contribution is -2.14. The van der Waals surface area contributed by atoms with Crippen molar-refractivity contribution in [2.75, 3.05) is 10.5 Å². The van der Waals surface area contributed by atoms with Crippen LogP contribution >= 0.6 is 15.9 Å². The van der Waals surface area contributed by atoms with E-state index in [2.05, 4.69) is 20.7 Å². The molecule has 0 aliphatic heterocycles. The molecule has 0 heterocycles. The van der Waals surface area contributed by atoms with Crippen LogP contribution in [0.5, 0.6) is 0 Å². The summed E-state index contributed by atoms with van der Waals surface area (Å²) in [5.41, 5.74) is 8.42. The molecule has 0 saturated heterocycles. The number of halogens is 1. The summed E-state index contributed by atoms with van der Waals surface area (Å²) < 4.78 is 28.2. The Labute approximate surface area is 127 Å². The van der Waals surface area contributed by atoms with Crippen LogP contribution in [0.15, 0.2) is 45.8 Å². The van der Waals surface area contributed by atoms with Crippen LogP contribution in [0.2, 0.25) is 0 Å². The lowest BCUT2D eigenvalue weighted by Gasteiger charge is -2.12. The highest BCUT2D eigenvalue weighted by atomic mass is 79.9. The first-order chi connectivity index (χ1) is 9.29. The van der Waals surface area contributed by atoms with E-state index in [0.29, 0.717) is 11.4 Å². The Bertz CT molecular complexity index is 758. The molecule has 106 valence electrons. The van der Waals surface area contributed by atoms with Crippen LogP contribution < -0.4 is 10.5 Å². The number of benzene rings is 2. The molecule has 3 N–H and O–H groups in total. The van der Waals surface area contributed by atoms with Crippen LogP contribution in [0.4, 0.5) is 11.4 Å². The van der Waals surface area contributed by atoms with Gasteiger partial charge in [-0.05, 0) is 61.4 Å². The van der Waals surface area contributed by atoms with Gasteiger partial charge in [-0.15, -0.1) is 0 Å². The Morgan fingerprint density at radius 3 is 2.35 bits per heavy atom. The van der Waals surface area contributed by atoms with Crippen molar-refractivity contribution < 1.29 is 8.42 Å². The van der Waals surface area contributed by atoms with Gasteiger partial charge in [-0.1, -0.05) is 15.9 Å². The number of rotatable bonds is 3. The molecule has 6 heteroatoms. The van der Waals surface area contributed by atoms with Crippen LogP contribution in [0.3, 0.4) is 0 Å². The summed E-state index contributed by atoms with van der Waals surface area (Å²) in [7, 11) is -3.61. The van der Waals surface area contributed by atoms with Crippen molar-refractivity contribution in [3.05, 3.63) is 52.0 Å². The second kappa shape index (κ2) is 5.46. The Hall–Kier alpha value is -1.53. The molecule has 0 atom stereocenters. The minimum absolute atomic E-state index is 0.200. The van der Waals surface area contributed by atoms with E-state index in [9.17, 15) is 8.42 Å². The van der Waals surface area contributed by atoms with E-state index in [-0.39, 0.29) is 4.90 Å². The molecule has 0 fully saturated rings. The minimum Gasteiger partial charge on any atom is -0.399 e. The van der Waals surface area contributed by atoms with Gasteiger partial charge in [0.2, 0.25) is 0 Å². The summed E-state index contributed by atoms with van der Waals surface area (Å²) in [6.45, 7) is 3.62. The Kier molecular flexibility index (Phi) is 4.06. The van der Waals surface area contributed by atoms with Gasteiger partial charge in [0.15, 0.2) is 0 Å². The molecule has 0 saturated carbocycles. The van der Waals surface area contributed by atoms with E-state index in [4.69, 9.17) is 5.73 Å². The number of sulfonamides is 1. The highest BCUT2D eigenvalue weighted by Crippen LogP contribution is 2.24. The van der Waals surface area contributed by atoms with Crippen molar-refractivity contribution in [2.45, 2.75) is 18.7 Å². The standard InChI is InChI=1S/C14H15BrN2O2S/c1-9-8-12(4-5-13(9)16)20(18,19)17-14-6-3-11(15)7-10(14)2/h3-8,17H,16H2,1-2H3. The summed E-state index contributed by atoms with van der Waals surface area (Å²) in [5.74, 6) is 0. The number of nitrogens with one attached hydrogen (secondary N) is 1. The van der Waals surface area contributed by atoms with Crippen molar-refractivity contribution in [1.29, 1.82) is 0 Å². The second-order valence-electron chi connectivity index (χ2n) is 4.58. The third-order valence-electron chi connectivity index (χ3n) is 2.98. The van der Waals surface area contributed by atoms with Gasteiger partial charge >= 0.3 is 0 Å². The molecule has 2 aromatic rings. The molecule has 0 radical (unpaired) electrons. The van der Waals surface area contributed by atoms with Gasteiger partial charge in [0.25, 0.3) is 10.0 Å². The van der Waals surface area contributed by atoms with Crippen LogP contribution in [-0.4, -0.2) is 8.42 Å². The van der Waals surface area contributed by atoms with Gasteiger partial charge in [0.05, 0.1) is 10.6 Å². The molecule has 2 aromatic carbocycles. The summed E-state index contributed by atoms with van der Waals surface area (Å²) in [4.78, 5) is 0.200. The smallest absolute Gasteiger partial charge is 0.261 e. The van der Waals surface area contributed by atoms with E-state index in [1.807, 2.05) is 13.0 Å². The lowest BCUT2D eigenvalue weighted by molar-refractivity contribution is 0.601. The summed E-state index contributed by atoms with van der Waals surface area (Å²) in [6, 6.07) is 10.0. The third kappa shape index (κ3) is 3.13. The SMILES string of the molecule is Cc1cc(S(=O)(=O)Nc2ccc(Br)cc2C)ccc1N. The van der Waals surface area contributed by atoms with E-state index >= 15 is 0 Å². The van der Waals surface area contributed by atoms with Gasteiger partial charge in [-0.3, -0.25) is 4.72 Å². The molecule has 2 rings (SSSR count). The van der Waals surface area contributed by atoms with Crippen molar-refractivity contribution in [2.24, 2.45) is 0 Å². The zero-order valence-electron chi connectivity index (χ0n) is 11.1. The molecule has 0 aliphatic rings. The molecule has 0 bridgehead atoms. The summed E-state index contributed by atoms with van der Waals surface area (Å²) in [5, 5.41) is 0. The fraction of sp³-hybridized carbons (Fsp3) is 0.143. The van der Waals surface area contributed by atoms with Gasteiger partial charge in [0, 0.05) is 10.2 Å². The van der Waals surface area contributed by atoms with Gasteiger partial charge < -0.3 is 5.73 Å². The number of anilines is 2. The monoisotopic (exact) mass is 354 g/mol. The molecular formula is C14H15BrN2O2S. The average Bonchev–Trinajstić information content (AvgIpc) is 2.36. The Morgan fingerprint density at radius 1 is 1.05 bits per heavy atom. The predicted molar refractivity (Wildman–Crippen MR) is 85.3 cm³/mol. The fourth-order valence-electron chi connectivity index (χ4n) is 1.76. The molecule has 4 nitrogen and oxygen atoms in total. The zero-order chi connectivity index (χ0) is 14.9. The Morgan fingerprint density at radius 2 is 1.75 bits per heavy atom. The van der Waals surface area contributed by atoms with E-state index in [0.717, 1.165) is 15.6 Å². The maximum absolute atomic E-state index is 12.3. The summed E-state index contributed by atoms with van der Waals surface area (Å²) in [6.07, 6.45) is 0. The number of hydrogen-bond donors (Lipinski definition) is 2. The highest BCUT2D eigenvalue weighted by Gasteiger charge is 2.16. The highest BCUT2D eigenvalue weighted by molar-refractivity contribution is 9.10. The van der Waals surface area contributed by atoms with Crippen LogP contribution in [0.25, 0.3) is 0 Å². The summed E-state index contributed by atoms with van der Waals surface area (Å²) >= 11 is 3.35. The molecule has 0 unspecified atom stereocenters. The van der Waals surface area contributed by atoms with Crippen molar-refractivity contribution in [3.8, 4) is 0 Å². The second-order valence-corrected chi connectivity index (χ2v) is 7.18. The van der Waals surface area contributed by atoms with Crippen molar-refractivity contribution >= 4 is 37.3 Å². The van der Waals surface area contributed by atoms with E-state index in [1.54, 1.807) is 31.2 Å². The molecular weight excluding hydrogens is 340 g/mol.